The predicted molar refractivity (Wildman–Crippen MR) is 64.1 cm³/mol. The van der Waals surface area contributed by atoms with Gasteiger partial charge in [-0.3, -0.25) is 0 Å². The largest absolute Gasteiger partial charge is 0.793 e. The fraction of sp³-hybridized carbons (Fsp3) is 1.00. The van der Waals surface area contributed by atoms with Gasteiger partial charge in [0, 0.05) is 17.1 Å². The Labute approximate surface area is 107 Å². The van der Waals surface area contributed by atoms with Crippen molar-refractivity contribution in [3.63, 3.8) is 0 Å². The minimum atomic E-state index is 0. The molecule has 14 heavy (non-hydrogen) atoms. The maximum atomic E-state index is 4.90. The van der Waals surface area contributed by atoms with Crippen LogP contribution in [0.3, 0.4) is 0 Å². The third kappa shape index (κ3) is 15.3. The first-order chi connectivity index (χ1) is 6.41. The first kappa shape index (κ1) is 17.3. The Hall–Kier alpha value is 0.869. The van der Waals surface area contributed by atoms with Crippen molar-refractivity contribution in [2.75, 3.05) is 5.75 Å². The zero-order chi connectivity index (χ0) is 9.78. The molecule has 0 saturated carbocycles. The summed E-state index contributed by atoms with van der Waals surface area (Å²) in [5.74, 6) is 0.955. The normalized spacial score (nSPS) is 9.86. The van der Waals surface area contributed by atoms with Crippen molar-refractivity contribution < 1.29 is 17.1 Å². The van der Waals surface area contributed by atoms with Crippen LogP contribution >= 0.6 is 0 Å². The average molecular weight is 257 g/mol. The Morgan fingerprint density at radius 1 is 0.643 bits per heavy atom. The van der Waals surface area contributed by atoms with Gasteiger partial charge < -0.3 is 12.6 Å². The van der Waals surface area contributed by atoms with E-state index in [2.05, 4.69) is 6.92 Å². The van der Waals surface area contributed by atoms with Crippen molar-refractivity contribution in [3.05, 3.63) is 0 Å². The van der Waals surface area contributed by atoms with E-state index in [0.29, 0.717) is 0 Å². The van der Waals surface area contributed by atoms with E-state index in [4.69, 9.17) is 12.6 Å². The van der Waals surface area contributed by atoms with E-state index < -0.39 is 0 Å². The van der Waals surface area contributed by atoms with E-state index in [-0.39, 0.29) is 17.1 Å². The molecule has 0 fully saturated rings. The molecule has 0 unspecified atom stereocenters. The quantitative estimate of drug-likeness (QED) is 0.316. The molecule has 0 aromatic carbocycles. The van der Waals surface area contributed by atoms with E-state index in [0.717, 1.165) is 5.75 Å². The van der Waals surface area contributed by atoms with Crippen LogP contribution in [0.5, 0.6) is 0 Å². The molecule has 0 radical (unpaired) electrons. The van der Waals surface area contributed by atoms with Crippen LogP contribution in [0, 0.1) is 0 Å². The average Bonchev–Trinajstić information content (AvgIpc) is 2.16. The second-order valence-electron chi connectivity index (χ2n) is 3.89. The van der Waals surface area contributed by atoms with E-state index in [9.17, 15) is 0 Å². The molecule has 0 heterocycles. The third-order valence-electron chi connectivity index (χ3n) is 2.50. The maximum absolute atomic E-state index is 4.90. The monoisotopic (exact) mass is 257 g/mol. The van der Waals surface area contributed by atoms with Crippen LogP contribution in [-0.2, 0) is 29.7 Å². The van der Waals surface area contributed by atoms with E-state index in [1.165, 1.54) is 64.2 Å². The smallest absolute Gasteiger partial charge is 0 e. The Morgan fingerprint density at radius 2 is 1.00 bits per heavy atom. The number of unbranched alkanes of at least 4 members (excludes halogenated alkanes) is 9. The zero-order valence-corrected chi connectivity index (χ0v) is 11.5. The number of hydrogen-bond acceptors (Lipinski definition) is 1. The van der Waals surface area contributed by atoms with Crippen LogP contribution < -0.4 is 0 Å². The Balaban J connectivity index is 0. The molecular formula is C12H25FeS-. The van der Waals surface area contributed by atoms with Gasteiger partial charge in [0.2, 0.25) is 0 Å². The van der Waals surface area contributed by atoms with Gasteiger partial charge in [-0.05, 0) is 0 Å². The number of rotatable bonds is 10. The van der Waals surface area contributed by atoms with Crippen LogP contribution in [-0.4, -0.2) is 5.75 Å². The third-order valence-corrected chi connectivity index (χ3v) is 2.79. The van der Waals surface area contributed by atoms with Gasteiger partial charge >= 0.3 is 0 Å². The molecule has 0 amide bonds. The van der Waals surface area contributed by atoms with Crippen LogP contribution in [0.2, 0.25) is 0 Å². The summed E-state index contributed by atoms with van der Waals surface area (Å²) in [5, 5.41) is 0. The second-order valence-corrected chi connectivity index (χ2v) is 4.29. The molecule has 0 aliphatic carbocycles. The van der Waals surface area contributed by atoms with E-state index >= 15 is 0 Å². The summed E-state index contributed by atoms with van der Waals surface area (Å²) in [6.45, 7) is 2.27. The van der Waals surface area contributed by atoms with Crippen molar-refractivity contribution >= 4 is 12.6 Å². The van der Waals surface area contributed by atoms with Crippen LogP contribution in [0.4, 0.5) is 0 Å². The van der Waals surface area contributed by atoms with Gasteiger partial charge in [-0.15, -0.1) is 0 Å². The molecule has 88 valence electrons. The summed E-state index contributed by atoms with van der Waals surface area (Å²) in [7, 11) is 0. The SMILES string of the molecule is CCCCCCCCCCCC[S-].[Fe]. The van der Waals surface area contributed by atoms with Crippen LogP contribution in [0.15, 0.2) is 0 Å². The zero-order valence-electron chi connectivity index (χ0n) is 9.54. The molecule has 0 atom stereocenters. The molecule has 0 N–H and O–H groups in total. The summed E-state index contributed by atoms with van der Waals surface area (Å²) in [4.78, 5) is 0. The minimum Gasteiger partial charge on any atom is -0.793 e. The predicted octanol–water partition coefficient (Wildman–Crippen LogP) is 4.45. The van der Waals surface area contributed by atoms with Gasteiger partial charge in [-0.25, -0.2) is 0 Å². The molecule has 0 bridgehead atoms. The van der Waals surface area contributed by atoms with E-state index in [1.807, 2.05) is 0 Å². The molecule has 0 saturated heterocycles. The van der Waals surface area contributed by atoms with Crippen molar-refractivity contribution in [3.8, 4) is 0 Å². The van der Waals surface area contributed by atoms with E-state index in [1.54, 1.807) is 0 Å². The summed E-state index contributed by atoms with van der Waals surface area (Å²) in [6.07, 6.45) is 14.0. The molecule has 0 nitrogen and oxygen atoms in total. The first-order valence-corrected chi connectivity index (χ1v) is 6.57. The molecule has 0 aromatic heterocycles. The molecule has 0 rings (SSSR count). The van der Waals surface area contributed by atoms with Crippen LogP contribution in [0.1, 0.15) is 71.1 Å². The molecule has 0 aromatic rings. The standard InChI is InChI=1S/C12H26S.Fe/c1-2-3-4-5-6-7-8-9-10-11-12-13;/h13H,2-12H2,1H3;/p-1. The Bertz CT molecular complexity index is 76.4. The Morgan fingerprint density at radius 3 is 1.36 bits per heavy atom. The van der Waals surface area contributed by atoms with Gasteiger partial charge in [-0.2, -0.15) is 5.75 Å². The summed E-state index contributed by atoms with van der Waals surface area (Å²) in [5.41, 5.74) is 0. The second kappa shape index (κ2) is 16.3. The van der Waals surface area contributed by atoms with Gasteiger partial charge in [0.25, 0.3) is 0 Å². The minimum absolute atomic E-state index is 0. The molecule has 0 aliphatic rings. The van der Waals surface area contributed by atoms with Gasteiger partial charge in [-0.1, -0.05) is 71.1 Å². The molecule has 0 aliphatic heterocycles. The van der Waals surface area contributed by atoms with Crippen molar-refractivity contribution in [2.45, 2.75) is 71.1 Å². The number of hydrogen-bond donors (Lipinski definition) is 0. The summed E-state index contributed by atoms with van der Waals surface area (Å²) < 4.78 is 0. The topological polar surface area (TPSA) is 0 Å². The van der Waals surface area contributed by atoms with Gasteiger partial charge in [0.05, 0.1) is 0 Å². The summed E-state index contributed by atoms with van der Waals surface area (Å²) in [6, 6.07) is 0. The fourth-order valence-corrected chi connectivity index (χ4v) is 1.79. The van der Waals surface area contributed by atoms with Crippen molar-refractivity contribution in [1.82, 2.24) is 0 Å². The van der Waals surface area contributed by atoms with Crippen LogP contribution in [0.25, 0.3) is 0 Å². The fourth-order valence-electron chi connectivity index (χ4n) is 1.59. The summed E-state index contributed by atoms with van der Waals surface area (Å²) >= 11 is 4.90. The molecule has 2 heteroatoms. The van der Waals surface area contributed by atoms with Gasteiger partial charge in [0.1, 0.15) is 0 Å². The van der Waals surface area contributed by atoms with Crippen molar-refractivity contribution in [2.24, 2.45) is 0 Å². The Kier molecular flexibility index (Phi) is 20.1. The van der Waals surface area contributed by atoms with Gasteiger partial charge in [0.15, 0.2) is 0 Å². The first-order valence-electron chi connectivity index (χ1n) is 6.00. The molecular weight excluding hydrogens is 232 g/mol. The maximum Gasteiger partial charge on any atom is 0 e. The molecule has 0 spiro atoms. The van der Waals surface area contributed by atoms with Crippen molar-refractivity contribution in [1.29, 1.82) is 0 Å².